The van der Waals surface area contributed by atoms with Gasteiger partial charge >= 0.3 is 0 Å². The van der Waals surface area contributed by atoms with E-state index in [1.165, 1.54) is 0 Å². The Labute approximate surface area is 166 Å². The molecule has 0 atom stereocenters. The monoisotopic (exact) mass is 417 g/mol. The molecule has 132 valence electrons. The molecule has 0 radical (unpaired) electrons. The lowest BCUT2D eigenvalue weighted by atomic mass is 9.99. The van der Waals surface area contributed by atoms with Crippen molar-refractivity contribution < 1.29 is 4.79 Å². The van der Waals surface area contributed by atoms with Gasteiger partial charge in [-0.25, -0.2) is 0 Å². The minimum Gasteiger partial charge on any atom is -0.310 e. The summed E-state index contributed by atoms with van der Waals surface area (Å²) in [5.41, 5.74) is 5.66. The number of hydrogen-bond donors (Lipinski definition) is 0. The molecule has 1 amide bonds. The molecule has 0 fully saturated rings. The quantitative estimate of drug-likeness (QED) is 0.629. The van der Waals surface area contributed by atoms with Gasteiger partial charge in [0, 0.05) is 22.8 Å². The van der Waals surface area contributed by atoms with E-state index in [0.717, 1.165) is 38.8 Å². The van der Waals surface area contributed by atoms with Crippen LogP contribution in [-0.4, -0.2) is 17.4 Å². The van der Waals surface area contributed by atoms with Gasteiger partial charge in [-0.2, -0.15) is 5.26 Å². The highest BCUT2D eigenvalue weighted by atomic mass is 79.9. The van der Waals surface area contributed by atoms with Crippen LogP contribution in [0.25, 0.3) is 11.1 Å². The maximum absolute atomic E-state index is 12.9. The number of nitriles is 1. The van der Waals surface area contributed by atoms with E-state index in [0.29, 0.717) is 18.5 Å². The first-order valence-electron chi connectivity index (χ1n) is 8.68. The number of carbonyl (C=O) groups excluding carboxylic acids is 1. The van der Waals surface area contributed by atoms with Crippen LogP contribution in [0.3, 0.4) is 0 Å². The van der Waals surface area contributed by atoms with E-state index in [2.05, 4.69) is 27.0 Å². The summed E-state index contributed by atoms with van der Waals surface area (Å²) < 4.78 is 0.947. The third-order valence-corrected chi connectivity index (χ3v) is 5.61. The third-order valence-electron chi connectivity index (χ3n) is 4.84. The fourth-order valence-electron chi connectivity index (χ4n) is 3.45. The molecule has 0 saturated carbocycles. The van der Waals surface area contributed by atoms with Crippen LogP contribution in [0.2, 0.25) is 0 Å². The van der Waals surface area contributed by atoms with Crippen molar-refractivity contribution in [3.8, 4) is 17.2 Å². The van der Waals surface area contributed by atoms with Crippen molar-refractivity contribution in [1.82, 2.24) is 4.98 Å². The molecule has 5 heteroatoms. The SMILES string of the molecule is N#Cc1ccc(-c2cncc3c2CCN3C(=O)Cc2ccccc2Br)cc1. The zero-order valence-electron chi connectivity index (χ0n) is 14.5. The molecule has 27 heavy (non-hydrogen) atoms. The van der Waals surface area contributed by atoms with Crippen molar-refractivity contribution in [1.29, 1.82) is 5.26 Å². The second-order valence-corrected chi connectivity index (χ2v) is 7.29. The summed E-state index contributed by atoms with van der Waals surface area (Å²) in [6, 6.07) is 17.4. The molecule has 0 bridgehead atoms. The van der Waals surface area contributed by atoms with E-state index < -0.39 is 0 Å². The molecule has 2 heterocycles. The van der Waals surface area contributed by atoms with Crippen molar-refractivity contribution in [2.24, 2.45) is 0 Å². The van der Waals surface area contributed by atoms with Gasteiger partial charge in [-0.05, 0) is 41.3 Å². The van der Waals surface area contributed by atoms with Crippen LogP contribution in [0.15, 0.2) is 65.4 Å². The van der Waals surface area contributed by atoms with E-state index in [1.54, 1.807) is 18.3 Å². The number of nitrogens with zero attached hydrogens (tertiary/aromatic N) is 3. The standard InChI is InChI=1S/C22H16BrN3O/c23-20-4-2-1-3-17(20)11-22(27)26-10-9-18-19(13-25-14-21(18)26)16-7-5-15(12-24)6-8-16/h1-8,13-14H,9-11H2. The Morgan fingerprint density at radius 3 is 2.67 bits per heavy atom. The van der Waals surface area contributed by atoms with Crippen molar-refractivity contribution in [3.05, 3.63) is 82.1 Å². The maximum Gasteiger partial charge on any atom is 0.231 e. The molecule has 1 aromatic heterocycles. The second kappa shape index (κ2) is 7.34. The summed E-state index contributed by atoms with van der Waals surface area (Å²) in [6.45, 7) is 0.660. The Kier molecular flexibility index (Phi) is 4.74. The largest absolute Gasteiger partial charge is 0.310 e. The summed E-state index contributed by atoms with van der Waals surface area (Å²) in [6.07, 6.45) is 4.76. The zero-order chi connectivity index (χ0) is 18.8. The number of hydrogen-bond acceptors (Lipinski definition) is 3. The van der Waals surface area contributed by atoms with Crippen LogP contribution in [0.4, 0.5) is 5.69 Å². The average molecular weight is 418 g/mol. The summed E-state index contributed by atoms with van der Waals surface area (Å²) in [4.78, 5) is 19.1. The van der Waals surface area contributed by atoms with Crippen molar-refractivity contribution >= 4 is 27.5 Å². The molecular weight excluding hydrogens is 402 g/mol. The molecule has 3 aromatic rings. The molecule has 1 aliphatic rings. The Balaban J connectivity index is 1.63. The van der Waals surface area contributed by atoms with Crippen LogP contribution in [0.1, 0.15) is 16.7 Å². The molecule has 0 unspecified atom stereocenters. The average Bonchev–Trinajstić information content (AvgIpc) is 3.14. The summed E-state index contributed by atoms with van der Waals surface area (Å²) in [5, 5.41) is 8.98. The molecule has 4 rings (SSSR count). The number of anilines is 1. The Morgan fingerprint density at radius 1 is 1.15 bits per heavy atom. The van der Waals surface area contributed by atoms with E-state index in [1.807, 2.05) is 47.5 Å². The summed E-state index contributed by atoms with van der Waals surface area (Å²) in [5.74, 6) is 0.0689. The molecule has 4 nitrogen and oxygen atoms in total. The van der Waals surface area contributed by atoms with Gasteiger partial charge in [-0.15, -0.1) is 0 Å². The molecule has 0 aliphatic carbocycles. The molecule has 2 aromatic carbocycles. The predicted octanol–water partition coefficient (Wildman–Crippen LogP) is 4.51. The van der Waals surface area contributed by atoms with Crippen LogP contribution >= 0.6 is 15.9 Å². The maximum atomic E-state index is 12.9. The minimum absolute atomic E-state index is 0.0689. The number of fused-ring (bicyclic) bond motifs is 1. The minimum atomic E-state index is 0.0689. The lowest BCUT2D eigenvalue weighted by Crippen LogP contribution is -2.30. The van der Waals surface area contributed by atoms with Gasteiger partial charge in [-0.3, -0.25) is 9.78 Å². The second-order valence-electron chi connectivity index (χ2n) is 6.44. The fourth-order valence-corrected chi connectivity index (χ4v) is 3.87. The smallest absolute Gasteiger partial charge is 0.231 e. The van der Waals surface area contributed by atoms with Crippen molar-refractivity contribution in [2.75, 3.05) is 11.4 Å². The first kappa shape index (κ1) is 17.4. The first-order chi connectivity index (χ1) is 13.2. The normalized spacial score (nSPS) is 12.5. The number of pyridine rings is 1. The molecule has 1 aliphatic heterocycles. The highest BCUT2D eigenvalue weighted by molar-refractivity contribution is 9.10. The van der Waals surface area contributed by atoms with Gasteiger partial charge in [0.25, 0.3) is 0 Å². The fraction of sp³-hybridized carbons (Fsp3) is 0.136. The lowest BCUT2D eigenvalue weighted by Gasteiger charge is -2.18. The molecular formula is C22H16BrN3O. The first-order valence-corrected chi connectivity index (χ1v) is 9.48. The summed E-state index contributed by atoms with van der Waals surface area (Å²) in [7, 11) is 0. The number of rotatable bonds is 3. The van der Waals surface area contributed by atoms with E-state index in [-0.39, 0.29) is 5.91 Å². The number of carbonyl (C=O) groups is 1. The van der Waals surface area contributed by atoms with Crippen LogP contribution in [-0.2, 0) is 17.6 Å². The van der Waals surface area contributed by atoms with Crippen LogP contribution in [0.5, 0.6) is 0 Å². The molecule has 0 spiro atoms. The summed E-state index contributed by atoms with van der Waals surface area (Å²) >= 11 is 3.51. The van der Waals surface area contributed by atoms with Crippen LogP contribution < -0.4 is 4.90 Å². The number of amides is 1. The lowest BCUT2D eigenvalue weighted by molar-refractivity contribution is -0.117. The van der Waals surface area contributed by atoms with E-state index in [4.69, 9.17) is 5.26 Å². The molecule has 0 N–H and O–H groups in total. The van der Waals surface area contributed by atoms with Crippen LogP contribution in [0, 0.1) is 11.3 Å². The molecule has 0 saturated heterocycles. The Hall–Kier alpha value is -2.97. The van der Waals surface area contributed by atoms with Gasteiger partial charge in [-0.1, -0.05) is 46.3 Å². The third kappa shape index (κ3) is 3.36. The van der Waals surface area contributed by atoms with Crippen molar-refractivity contribution in [3.63, 3.8) is 0 Å². The van der Waals surface area contributed by atoms with Gasteiger partial charge < -0.3 is 4.90 Å². The Morgan fingerprint density at radius 2 is 1.93 bits per heavy atom. The Bertz CT molecular complexity index is 1050. The van der Waals surface area contributed by atoms with Gasteiger partial charge in [0.2, 0.25) is 5.91 Å². The number of benzene rings is 2. The predicted molar refractivity (Wildman–Crippen MR) is 108 cm³/mol. The number of aromatic nitrogens is 1. The van der Waals surface area contributed by atoms with Gasteiger partial charge in [0.15, 0.2) is 0 Å². The number of halogens is 1. The van der Waals surface area contributed by atoms with Crippen molar-refractivity contribution in [2.45, 2.75) is 12.8 Å². The topological polar surface area (TPSA) is 57.0 Å². The zero-order valence-corrected chi connectivity index (χ0v) is 16.1. The van der Waals surface area contributed by atoms with E-state index in [9.17, 15) is 4.79 Å². The van der Waals surface area contributed by atoms with Gasteiger partial charge in [0.1, 0.15) is 0 Å². The van der Waals surface area contributed by atoms with E-state index >= 15 is 0 Å². The van der Waals surface area contributed by atoms with Gasteiger partial charge in [0.05, 0.1) is 29.9 Å². The highest BCUT2D eigenvalue weighted by Gasteiger charge is 2.27. The highest BCUT2D eigenvalue weighted by Crippen LogP contribution is 2.35.